The van der Waals surface area contributed by atoms with Crippen molar-refractivity contribution >= 4 is 10.8 Å². The molecule has 0 bridgehead atoms. The molecule has 3 aromatic rings. The molecule has 1 N–H and O–H groups in total. The standard InChI is InChI=1S/C24H22N2/c1-15-8-21(11-18-3-2-16(13-25)9-22(15)18)24-12-23(24)19-4-5-20-14-26-7-6-17(20)10-19/h2-5,8-11,23-24,26H,6-7,12,14H2,1H3. The van der Waals surface area contributed by atoms with Gasteiger partial charge in [0.1, 0.15) is 0 Å². The van der Waals surface area contributed by atoms with Crippen LogP contribution in [-0.4, -0.2) is 6.54 Å². The summed E-state index contributed by atoms with van der Waals surface area (Å²) < 4.78 is 0. The molecule has 3 aromatic carbocycles. The van der Waals surface area contributed by atoms with E-state index in [0.717, 1.165) is 25.1 Å². The molecule has 0 saturated heterocycles. The molecular formula is C24H22N2. The zero-order valence-electron chi connectivity index (χ0n) is 15.0. The van der Waals surface area contributed by atoms with Crippen molar-refractivity contribution in [3.8, 4) is 6.07 Å². The van der Waals surface area contributed by atoms with Crippen molar-refractivity contribution in [1.82, 2.24) is 5.32 Å². The molecule has 0 spiro atoms. The zero-order chi connectivity index (χ0) is 17.7. The normalized spacial score (nSPS) is 21.2. The minimum atomic E-state index is 0.633. The lowest BCUT2D eigenvalue weighted by atomic mass is 9.94. The van der Waals surface area contributed by atoms with E-state index in [1.807, 2.05) is 12.1 Å². The van der Waals surface area contributed by atoms with Crippen LogP contribution in [0.25, 0.3) is 10.8 Å². The van der Waals surface area contributed by atoms with Crippen LogP contribution >= 0.6 is 0 Å². The number of nitrogens with one attached hydrogen (secondary N) is 1. The molecule has 2 atom stereocenters. The second kappa shape index (κ2) is 5.97. The van der Waals surface area contributed by atoms with Crippen LogP contribution < -0.4 is 5.32 Å². The first kappa shape index (κ1) is 15.6. The quantitative estimate of drug-likeness (QED) is 0.718. The molecule has 0 amide bonds. The van der Waals surface area contributed by atoms with E-state index < -0.39 is 0 Å². The van der Waals surface area contributed by atoms with E-state index in [9.17, 15) is 0 Å². The first-order valence-corrected chi connectivity index (χ1v) is 9.50. The Labute approximate surface area is 154 Å². The van der Waals surface area contributed by atoms with Crippen molar-refractivity contribution in [1.29, 1.82) is 5.26 Å². The van der Waals surface area contributed by atoms with Crippen molar-refractivity contribution < 1.29 is 0 Å². The number of nitrogens with zero attached hydrogens (tertiary/aromatic N) is 1. The van der Waals surface area contributed by atoms with Crippen LogP contribution in [0.1, 0.15) is 51.6 Å². The Bertz CT molecular complexity index is 1060. The molecule has 2 unspecified atom stereocenters. The molecule has 1 saturated carbocycles. The molecule has 0 radical (unpaired) electrons. The Morgan fingerprint density at radius 3 is 2.73 bits per heavy atom. The Hall–Kier alpha value is -2.63. The van der Waals surface area contributed by atoms with E-state index in [1.165, 1.54) is 45.0 Å². The van der Waals surface area contributed by atoms with Crippen LogP contribution in [-0.2, 0) is 13.0 Å². The summed E-state index contributed by atoms with van der Waals surface area (Å²) >= 11 is 0. The Balaban J connectivity index is 1.46. The van der Waals surface area contributed by atoms with Crippen molar-refractivity contribution in [3.05, 3.63) is 81.9 Å². The van der Waals surface area contributed by atoms with E-state index in [0.29, 0.717) is 11.8 Å². The van der Waals surface area contributed by atoms with E-state index >= 15 is 0 Å². The monoisotopic (exact) mass is 338 g/mol. The fraction of sp³-hybridized carbons (Fsp3) is 0.292. The summed E-state index contributed by atoms with van der Waals surface area (Å²) in [5.41, 5.74) is 7.97. The zero-order valence-corrected chi connectivity index (χ0v) is 15.0. The fourth-order valence-corrected chi connectivity index (χ4v) is 4.52. The molecular weight excluding hydrogens is 316 g/mol. The number of rotatable bonds is 2. The molecule has 0 aromatic heterocycles. The van der Waals surface area contributed by atoms with Gasteiger partial charge in [0.05, 0.1) is 11.6 Å². The van der Waals surface area contributed by atoms with Gasteiger partial charge < -0.3 is 5.32 Å². The number of benzene rings is 3. The summed E-state index contributed by atoms with van der Waals surface area (Å²) in [4.78, 5) is 0. The summed E-state index contributed by atoms with van der Waals surface area (Å²) in [5, 5.41) is 15.0. The molecule has 2 heteroatoms. The SMILES string of the molecule is Cc1cc(C2CC2c2ccc3c(c2)CCNC3)cc2ccc(C#N)cc12. The molecule has 2 nitrogen and oxygen atoms in total. The van der Waals surface area contributed by atoms with Gasteiger partial charge in [-0.25, -0.2) is 0 Å². The van der Waals surface area contributed by atoms with Gasteiger partial charge in [-0.15, -0.1) is 0 Å². The number of fused-ring (bicyclic) bond motifs is 2. The molecule has 2 aliphatic rings. The first-order chi connectivity index (χ1) is 12.7. The third kappa shape index (κ3) is 2.60. The third-order valence-corrected chi connectivity index (χ3v) is 6.08. The molecule has 1 heterocycles. The smallest absolute Gasteiger partial charge is 0.0991 e. The number of hydrogen-bond donors (Lipinski definition) is 1. The predicted molar refractivity (Wildman–Crippen MR) is 105 cm³/mol. The molecule has 5 rings (SSSR count). The average molecular weight is 338 g/mol. The Morgan fingerprint density at radius 2 is 1.85 bits per heavy atom. The summed E-state index contributed by atoms with van der Waals surface area (Å²) in [6.07, 6.45) is 2.40. The lowest BCUT2D eigenvalue weighted by molar-refractivity contribution is 0.643. The van der Waals surface area contributed by atoms with Gasteiger partial charge in [-0.3, -0.25) is 0 Å². The van der Waals surface area contributed by atoms with E-state index in [-0.39, 0.29) is 0 Å². The second-order valence-corrected chi connectivity index (χ2v) is 7.79. The van der Waals surface area contributed by atoms with E-state index in [2.05, 4.69) is 54.7 Å². The lowest BCUT2D eigenvalue weighted by Crippen LogP contribution is -2.23. The highest BCUT2D eigenvalue weighted by Crippen LogP contribution is 2.55. The second-order valence-electron chi connectivity index (χ2n) is 7.79. The summed E-state index contributed by atoms with van der Waals surface area (Å²) in [6, 6.07) is 20.0. The van der Waals surface area contributed by atoms with Crippen molar-refractivity contribution in [2.45, 2.75) is 38.1 Å². The highest BCUT2D eigenvalue weighted by Gasteiger charge is 2.39. The molecule has 1 aliphatic carbocycles. The topological polar surface area (TPSA) is 35.8 Å². The minimum absolute atomic E-state index is 0.633. The van der Waals surface area contributed by atoms with Crippen molar-refractivity contribution in [3.63, 3.8) is 0 Å². The van der Waals surface area contributed by atoms with Gasteiger partial charge in [0.25, 0.3) is 0 Å². The molecule has 1 fully saturated rings. The van der Waals surface area contributed by atoms with Gasteiger partial charge in [0, 0.05) is 6.54 Å². The van der Waals surface area contributed by atoms with Gasteiger partial charge in [-0.2, -0.15) is 5.26 Å². The van der Waals surface area contributed by atoms with E-state index in [1.54, 1.807) is 0 Å². The van der Waals surface area contributed by atoms with E-state index in [4.69, 9.17) is 5.26 Å². The maximum Gasteiger partial charge on any atom is 0.0991 e. The highest BCUT2D eigenvalue weighted by molar-refractivity contribution is 5.87. The van der Waals surface area contributed by atoms with Crippen LogP contribution in [0.2, 0.25) is 0 Å². The molecule has 26 heavy (non-hydrogen) atoms. The lowest BCUT2D eigenvalue weighted by Gasteiger charge is -2.18. The van der Waals surface area contributed by atoms with Gasteiger partial charge in [0.2, 0.25) is 0 Å². The summed E-state index contributed by atoms with van der Waals surface area (Å²) in [7, 11) is 0. The maximum atomic E-state index is 9.13. The Kier molecular flexibility index (Phi) is 3.58. The van der Waals surface area contributed by atoms with Crippen LogP contribution in [0.3, 0.4) is 0 Å². The van der Waals surface area contributed by atoms with Crippen LogP contribution in [0.15, 0.2) is 48.5 Å². The largest absolute Gasteiger partial charge is 0.312 e. The van der Waals surface area contributed by atoms with Crippen LogP contribution in [0, 0.1) is 18.3 Å². The maximum absolute atomic E-state index is 9.13. The average Bonchev–Trinajstić information content (AvgIpc) is 3.48. The van der Waals surface area contributed by atoms with Gasteiger partial charge in [-0.1, -0.05) is 36.4 Å². The highest BCUT2D eigenvalue weighted by atomic mass is 14.9. The summed E-state index contributed by atoms with van der Waals surface area (Å²) in [5.74, 6) is 1.29. The van der Waals surface area contributed by atoms with Crippen molar-refractivity contribution in [2.75, 3.05) is 6.54 Å². The number of hydrogen-bond acceptors (Lipinski definition) is 2. The first-order valence-electron chi connectivity index (χ1n) is 9.50. The number of aryl methyl sites for hydroxylation is 1. The van der Waals surface area contributed by atoms with Gasteiger partial charge >= 0.3 is 0 Å². The van der Waals surface area contributed by atoms with Crippen molar-refractivity contribution in [2.24, 2.45) is 0 Å². The third-order valence-electron chi connectivity index (χ3n) is 6.08. The minimum Gasteiger partial charge on any atom is -0.312 e. The molecule has 128 valence electrons. The van der Waals surface area contributed by atoms with Gasteiger partial charge in [-0.05, 0) is 88.9 Å². The predicted octanol–water partition coefficient (Wildman–Crippen LogP) is 4.94. The Morgan fingerprint density at radius 1 is 0.962 bits per heavy atom. The number of nitriles is 1. The van der Waals surface area contributed by atoms with Gasteiger partial charge in [0.15, 0.2) is 0 Å². The summed E-state index contributed by atoms with van der Waals surface area (Å²) in [6.45, 7) is 4.27. The molecule has 1 aliphatic heterocycles. The van der Waals surface area contributed by atoms with Crippen LogP contribution in [0.5, 0.6) is 0 Å². The van der Waals surface area contributed by atoms with Crippen LogP contribution in [0.4, 0.5) is 0 Å². The fourth-order valence-electron chi connectivity index (χ4n) is 4.52.